The Morgan fingerprint density at radius 2 is 2.00 bits per heavy atom. The summed E-state index contributed by atoms with van der Waals surface area (Å²) in [7, 11) is 0. The molecular weight excluding hydrogens is 294 g/mol. The highest BCUT2D eigenvalue weighted by Crippen LogP contribution is 2.30. The molecule has 1 rings (SSSR count). The summed E-state index contributed by atoms with van der Waals surface area (Å²) in [6.45, 7) is 2.57. The predicted octanol–water partition coefficient (Wildman–Crippen LogP) is 1.78. The summed E-state index contributed by atoms with van der Waals surface area (Å²) in [4.78, 5) is 17.7. The molecule has 8 heteroatoms. The topological polar surface area (TPSA) is 107 Å². The van der Waals surface area contributed by atoms with Crippen LogP contribution in [0.2, 0.25) is 0 Å². The zero-order valence-corrected chi connectivity index (χ0v) is 12.8. The summed E-state index contributed by atoms with van der Waals surface area (Å²) < 4.78 is 0.927. The van der Waals surface area contributed by atoms with Crippen molar-refractivity contribution >= 4 is 34.1 Å². The van der Waals surface area contributed by atoms with E-state index in [0.29, 0.717) is 18.2 Å². The van der Waals surface area contributed by atoms with Gasteiger partial charge >= 0.3 is 0 Å². The number of carbonyl (C=O) groups is 1. The van der Waals surface area contributed by atoms with E-state index in [9.17, 15) is 4.79 Å². The van der Waals surface area contributed by atoms with E-state index in [2.05, 4.69) is 4.98 Å². The van der Waals surface area contributed by atoms with Crippen molar-refractivity contribution in [3.05, 3.63) is 5.69 Å². The van der Waals surface area contributed by atoms with Gasteiger partial charge < -0.3 is 10.6 Å². The molecule has 6 nitrogen and oxygen atoms in total. The van der Waals surface area contributed by atoms with Gasteiger partial charge in [-0.3, -0.25) is 4.79 Å². The largest absolute Gasteiger partial charge is 0.375 e. The number of hydrogen-bond acceptors (Lipinski definition) is 7. The Morgan fingerprint density at radius 1 is 1.40 bits per heavy atom. The second-order valence-electron chi connectivity index (χ2n) is 3.91. The van der Waals surface area contributed by atoms with Crippen LogP contribution in [0.4, 0.5) is 5.13 Å². The maximum Gasteiger partial charge on any atom is 0.233 e. The zero-order chi connectivity index (χ0) is 15.0. The molecule has 1 aromatic rings. The molecule has 0 radical (unpaired) electrons. The highest BCUT2D eigenvalue weighted by atomic mass is 32.2. The molecule has 0 saturated heterocycles. The van der Waals surface area contributed by atoms with Crippen LogP contribution in [-0.2, 0) is 4.79 Å². The number of anilines is 1. The molecular formula is C12H15N5OS2. The average molecular weight is 309 g/mol. The third-order valence-electron chi connectivity index (χ3n) is 2.44. The van der Waals surface area contributed by atoms with E-state index in [4.69, 9.17) is 16.3 Å². The molecule has 0 aromatic carbocycles. The number of aryl methyl sites for hydroxylation is 1. The predicted molar refractivity (Wildman–Crippen MR) is 79.0 cm³/mol. The smallest absolute Gasteiger partial charge is 0.233 e. The van der Waals surface area contributed by atoms with Crippen molar-refractivity contribution in [1.29, 1.82) is 10.5 Å². The minimum Gasteiger partial charge on any atom is -0.375 e. The van der Waals surface area contributed by atoms with E-state index in [1.165, 1.54) is 23.1 Å². The molecule has 0 atom stereocenters. The average Bonchev–Trinajstić information content (AvgIpc) is 2.74. The van der Waals surface area contributed by atoms with Gasteiger partial charge in [-0.25, -0.2) is 4.98 Å². The molecule has 20 heavy (non-hydrogen) atoms. The van der Waals surface area contributed by atoms with Gasteiger partial charge in [0.2, 0.25) is 5.91 Å². The SMILES string of the molecule is Cc1nc(N)sc1SCC(=O)N(CCC#N)CCC#N. The van der Waals surface area contributed by atoms with Crippen LogP contribution < -0.4 is 5.73 Å². The summed E-state index contributed by atoms with van der Waals surface area (Å²) in [5.74, 6) is 0.186. The van der Waals surface area contributed by atoms with Crippen molar-refractivity contribution in [3.8, 4) is 12.1 Å². The number of nitrogens with two attached hydrogens (primary N) is 1. The van der Waals surface area contributed by atoms with Crippen molar-refractivity contribution in [2.45, 2.75) is 24.0 Å². The van der Waals surface area contributed by atoms with E-state index in [0.717, 1.165) is 9.90 Å². The van der Waals surface area contributed by atoms with Crippen LogP contribution in [0.1, 0.15) is 18.5 Å². The second kappa shape index (κ2) is 8.41. The molecule has 1 heterocycles. The Kier molecular flexibility index (Phi) is 6.85. The molecule has 1 amide bonds. The highest BCUT2D eigenvalue weighted by Gasteiger charge is 2.15. The van der Waals surface area contributed by atoms with Gasteiger partial charge in [-0.2, -0.15) is 10.5 Å². The lowest BCUT2D eigenvalue weighted by molar-refractivity contribution is -0.128. The number of amides is 1. The van der Waals surface area contributed by atoms with Crippen molar-refractivity contribution in [2.75, 3.05) is 24.6 Å². The summed E-state index contributed by atoms with van der Waals surface area (Å²) in [5.41, 5.74) is 6.43. The molecule has 2 N–H and O–H groups in total. The Hall–Kier alpha value is -1.77. The Labute approximate surface area is 126 Å². The van der Waals surface area contributed by atoms with Gasteiger partial charge in [-0.15, -0.1) is 11.8 Å². The van der Waals surface area contributed by atoms with Crippen LogP contribution in [0.5, 0.6) is 0 Å². The first kappa shape index (κ1) is 16.3. The first-order chi connectivity index (χ1) is 9.58. The number of nitriles is 2. The quantitative estimate of drug-likeness (QED) is 0.769. The fourth-order valence-electron chi connectivity index (χ4n) is 1.49. The van der Waals surface area contributed by atoms with Crippen LogP contribution in [-0.4, -0.2) is 34.6 Å². The third-order valence-corrected chi connectivity index (χ3v) is 4.77. The number of thioether (sulfide) groups is 1. The number of hydrogen-bond donors (Lipinski definition) is 1. The molecule has 0 bridgehead atoms. The number of rotatable bonds is 7. The molecule has 0 fully saturated rings. The highest BCUT2D eigenvalue weighted by molar-refractivity contribution is 8.01. The summed E-state index contributed by atoms with van der Waals surface area (Å²) in [6.07, 6.45) is 0.544. The first-order valence-electron chi connectivity index (χ1n) is 5.95. The normalized spacial score (nSPS) is 9.75. The Bertz CT molecular complexity index is 525. The lowest BCUT2D eigenvalue weighted by Crippen LogP contribution is -2.34. The van der Waals surface area contributed by atoms with E-state index in [1.807, 2.05) is 19.1 Å². The number of thiazole rings is 1. The summed E-state index contributed by atoms with van der Waals surface area (Å²) in [6, 6.07) is 4.02. The van der Waals surface area contributed by atoms with Gasteiger partial charge in [-0.1, -0.05) is 11.3 Å². The van der Waals surface area contributed by atoms with Crippen LogP contribution in [0, 0.1) is 29.6 Å². The fraction of sp³-hybridized carbons (Fsp3) is 0.500. The van der Waals surface area contributed by atoms with Crippen molar-refractivity contribution < 1.29 is 4.79 Å². The molecule has 0 unspecified atom stereocenters. The van der Waals surface area contributed by atoms with Crippen LogP contribution in [0.3, 0.4) is 0 Å². The monoisotopic (exact) mass is 309 g/mol. The molecule has 0 aliphatic carbocycles. The number of aromatic nitrogens is 1. The molecule has 0 spiro atoms. The number of nitrogens with zero attached hydrogens (tertiary/aromatic N) is 4. The van der Waals surface area contributed by atoms with Crippen molar-refractivity contribution in [2.24, 2.45) is 0 Å². The van der Waals surface area contributed by atoms with Crippen LogP contribution >= 0.6 is 23.1 Å². The minimum absolute atomic E-state index is 0.0770. The zero-order valence-electron chi connectivity index (χ0n) is 11.1. The second-order valence-corrected chi connectivity index (χ2v) is 6.19. The summed E-state index contributed by atoms with van der Waals surface area (Å²) in [5, 5.41) is 17.7. The van der Waals surface area contributed by atoms with E-state index in [1.54, 1.807) is 4.90 Å². The van der Waals surface area contributed by atoms with E-state index < -0.39 is 0 Å². The lowest BCUT2D eigenvalue weighted by Gasteiger charge is -2.19. The maximum absolute atomic E-state index is 12.1. The van der Waals surface area contributed by atoms with E-state index in [-0.39, 0.29) is 24.5 Å². The lowest BCUT2D eigenvalue weighted by atomic mass is 10.3. The van der Waals surface area contributed by atoms with Gasteiger partial charge in [0.15, 0.2) is 5.13 Å². The Balaban J connectivity index is 2.55. The standard InChI is InChI=1S/C12H15N5OS2/c1-9-11(20-12(15)16-9)19-8-10(18)17(6-2-4-13)7-3-5-14/h2-3,6-8H2,1H3,(H2,15,16). The maximum atomic E-state index is 12.1. The van der Waals surface area contributed by atoms with Gasteiger partial charge in [0.25, 0.3) is 0 Å². The summed E-state index contributed by atoms with van der Waals surface area (Å²) >= 11 is 2.75. The minimum atomic E-state index is -0.0770. The van der Waals surface area contributed by atoms with Crippen molar-refractivity contribution in [3.63, 3.8) is 0 Å². The van der Waals surface area contributed by atoms with Gasteiger partial charge in [0.05, 0.1) is 40.6 Å². The number of carbonyl (C=O) groups excluding carboxylic acids is 1. The molecule has 1 aromatic heterocycles. The van der Waals surface area contributed by atoms with Crippen molar-refractivity contribution in [1.82, 2.24) is 9.88 Å². The number of nitrogen functional groups attached to an aromatic ring is 1. The third kappa shape index (κ3) is 5.08. The van der Waals surface area contributed by atoms with Gasteiger partial charge in [0.1, 0.15) is 0 Å². The van der Waals surface area contributed by atoms with Crippen LogP contribution in [0.25, 0.3) is 0 Å². The van der Waals surface area contributed by atoms with Gasteiger partial charge in [0, 0.05) is 13.1 Å². The fourth-order valence-corrected chi connectivity index (χ4v) is 3.41. The molecule has 0 saturated carbocycles. The first-order valence-corrected chi connectivity index (χ1v) is 7.76. The molecule has 106 valence electrons. The Morgan fingerprint density at radius 3 is 2.45 bits per heavy atom. The van der Waals surface area contributed by atoms with Gasteiger partial charge in [-0.05, 0) is 6.92 Å². The van der Waals surface area contributed by atoms with E-state index >= 15 is 0 Å². The molecule has 0 aliphatic heterocycles. The molecule has 0 aliphatic rings. The van der Waals surface area contributed by atoms with Crippen LogP contribution in [0.15, 0.2) is 4.21 Å².